The molecule has 17 heavy (non-hydrogen) atoms. The molecule has 0 aliphatic carbocycles. The van der Waals surface area contributed by atoms with E-state index in [1.54, 1.807) is 0 Å². The number of rotatable bonds is 11. The van der Waals surface area contributed by atoms with Gasteiger partial charge < -0.3 is 5.11 Å². The summed E-state index contributed by atoms with van der Waals surface area (Å²) in [5.74, 6) is 0.316. The van der Waals surface area contributed by atoms with Crippen molar-refractivity contribution in [1.82, 2.24) is 0 Å². The van der Waals surface area contributed by atoms with Crippen LogP contribution in [-0.4, -0.2) is 11.7 Å². The maximum atomic E-state index is 9.67. The lowest BCUT2D eigenvalue weighted by atomic mass is 9.67. The van der Waals surface area contributed by atoms with Crippen molar-refractivity contribution in [1.29, 1.82) is 0 Å². The third kappa shape index (κ3) is 4.91. The van der Waals surface area contributed by atoms with Gasteiger partial charge in [-0.25, -0.2) is 0 Å². The van der Waals surface area contributed by atoms with Gasteiger partial charge in [0.1, 0.15) is 0 Å². The fourth-order valence-electron chi connectivity index (χ4n) is 2.65. The molecule has 0 aliphatic heterocycles. The molecule has 0 bridgehead atoms. The molecule has 1 nitrogen and oxygen atoms in total. The molecule has 1 N–H and O–H groups in total. The molecule has 0 amide bonds. The van der Waals surface area contributed by atoms with Gasteiger partial charge in [-0.05, 0) is 37.0 Å². The Morgan fingerprint density at radius 1 is 1.06 bits per heavy atom. The first-order valence-electron chi connectivity index (χ1n) is 6.64. The third-order valence-electron chi connectivity index (χ3n) is 3.65. The molecule has 1 atom stereocenters. The van der Waals surface area contributed by atoms with E-state index in [1.807, 2.05) is 18.2 Å². The normalized spacial score (nSPS) is 13.1. The molecule has 0 saturated carbocycles. The molecule has 0 aromatic carbocycles. The van der Waals surface area contributed by atoms with Crippen molar-refractivity contribution in [2.24, 2.45) is 11.3 Å². The minimum atomic E-state index is 0.0647. The number of aliphatic hydroxyl groups excluding tert-OH is 1. The van der Waals surface area contributed by atoms with Gasteiger partial charge in [0, 0.05) is 6.61 Å². The van der Waals surface area contributed by atoms with E-state index >= 15 is 0 Å². The molecule has 1 heteroatoms. The lowest BCUT2D eigenvalue weighted by Gasteiger charge is -2.38. The van der Waals surface area contributed by atoms with Crippen LogP contribution in [0.5, 0.6) is 0 Å². The van der Waals surface area contributed by atoms with Crippen LogP contribution in [0.15, 0.2) is 38.0 Å². The number of hydrogen-bond donors (Lipinski definition) is 1. The summed E-state index contributed by atoms with van der Waals surface area (Å²) in [6.45, 7) is 14.0. The predicted octanol–water partition coefficient (Wildman–Crippen LogP) is 4.50. The van der Waals surface area contributed by atoms with Gasteiger partial charge in [0.25, 0.3) is 0 Å². The van der Waals surface area contributed by atoms with Crippen LogP contribution in [0, 0.1) is 11.3 Å². The predicted molar refractivity (Wildman–Crippen MR) is 77.0 cm³/mol. The summed E-state index contributed by atoms with van der Waals surface area (Å²) >= 11 is 0. The summed E-state index contributed by atoms with van der Waals surface area (Å²) in [6.07, 6.45) is 12.0. The van der Waals surface area contributed by atoms with Gasteiger partial charge in [-0.2, -0.15) is 0 Å². The third-order valence-corrected chi connectivity index (χ3v) is 3.65. The highest BCUT2D eigenvalue weighted by Gasteiger charge is 2.34. The van der Waals surface area contributed by atoms with Crippen molar-refractivity contribution in [3.8, 4) is 0 Å². The fraction of sp³-hybridized carbons (Fsp3) is 0.625. The van der Waals surface area contributed by atoms with Crippen LogP contribution in [0.25, 0.3) is 0 Å². The molecule has 0 radical (unpaired) electrons. The van der Waals surface area contributed by atoms with Gasteiger partial charge >= 0.3 is 0 Å². The molecule has 0 spiro atoms. The lowest BCUT2D eigenvalue weighted by molar-refractivity contribution is 0.0829. The first kappa shape index (κ1) is 16.2. The molecule has 0 aromatic heterocycles. The van der Waals surface area contributed by atoms with Crippen molar-refractivity contribution >= 4 is 0 Å². The van der Waals surface area contributed by atoms with Gasteiger partial charge in [0.2, 0.25) is 0 Å². The Kier molecular flexibility index (Phi) is 8.79. The van der Waals surface area contributed by atoms with Gasteiger partial charge in [0.05, 0.1) is 0 Å². The quantitative estimate of drug-likeness (QED) is 0.524. The zero-order chi connectivity index (χ0) is 13.1. The van der Waals surface area contributed by atoms with Crippen molar-refractivity contribution in [3.63, 3.8) is 0 Å². The van der Waals surface area contributed by atoms with E-state index in [4.69, 9.17) is 0 Å². The molecular weight excluding hydrogens is 208 g/mol. The maximum Gasteiger partial charge on any atom is 0.0464 e. The Labute approximate surface area is 107 Å². The Morgan fingerprint density at radius 2 is 1.53 bits per heavy atom. The number of allylic oxidation sites excluding steroid dienone is 3. The lowest BCUT2D eigenvalue weighted by Crippen LogP contribution is -2.32. The number of unbranched alkanes of at least 4 members (excludes halogenated alkanes) is 1. The SMILES string of the molecule is C=CCC(CC=C)(CC=C)C(CO)CCCC. The van der Waals surface area contributed by atoms with E-state index in [9.17, 15) is 5.11 Å². The van der Waals surface area contributed by atoms with Gasteiger partial charge in [-0.1, -0.05) is 38.0 Å². The molecule has 0 rings (SSSR count). The van der Waals surface area contributed by atoms with Gasteiger partial charge in [0.15, 0.2) is 0 Å². The largest absolute Gasteiger partial charge is 0.396 e. The number of aliphatic hydroxyl groups is 1. The zero-order valence-corrected chi connectivity index (χ0v) is 11.3. The average molecular weight is 236 g/mol. The van der Waals surface area contributed by atoms with Gasteiger partial charge in [-0.15, -0.1) is 19.7 Å². The minimum Gasteiger partial charge on any atom is -0.396 e. The molecular formula is C16H28O. The Bertz CT molecular complexity index is 203. The monoisotopic (exact) mass is 236 g/mol. The standard InChI is InChI=1S/C16H28O/c1-5-9-10-15(14-17)16(11-6-2,12-7-3)13-8-4/h6-8,15,17H,2-5,9-14H2,1H3. The molecule has 0 saturated heterocycles. The Morgan fingerprint density at radius 3 is 1.82 bits per heavy atom. The van der Waals surface area contributed by atoms with E-state index < -0.39 is 0 Å². The highest BCUT2D eigenvalue weighted by Crippen LogP contribution is 2.42. The second kappa shape index (κ2) is 9.23. The number of hydrogen-bond acceptors (Lipinski definition) is 1. The molecule has 0 aromatic rings. The van der Waals surface area contributed by atoms with Crippen LogP contribution in [0.3, 0.4) is 0 Å². The van der Waals surface area contributed by atoms with Crippen LogP contribution in [-0.2, 0) is 0 Å². The van der Waals surface area contributed by atoms with E-state index in [0.29, 0.717) is 5.92 Å². The molecule has 0 heterocycles. The second-order valence-corrected chi connectivity index (χ2v) is 4.86. The summed E-state index contributed by atoms with van der Waals surface area (Å²) in [6, 6.07) is 0. The topological polar surface area (TPSA) is 20.2 Å². The van der Waals surface area contributed by atoms with Crippen molar-refractivity contribution in [2.75, 3.05) is 6.61 Å². The highest BCUT2D eigenvalue weighted by molar-refractivity contribution is 4.99. The molecule has 0 fully saturated rings. The Balaban J connectivity index is 4.95. The smallest absolute Gasteiger partial charge is 0.0464 e. The fourth-order valence-corrected chi connectivity index (χ4v) is 2.65. The van der Waals surface area contributed by atoms with Crippen LogP contribution in [0.4, 0.5) is 0 Å². The van der Waals surface area contributed by atoms with E-state index in [2.05, 4.69) is 26.7 Å². The first-order chi connectivity index (χ1) is 8.20. The molecule has 1 unspecified atom stereocenters. The Hall–Kier alpha value is -0.820. The van der Waals surface area contributed by atoms with Crippen molar-refractivity contribution in [3.05, 3.63) is 38.0 Å². The maximum absolute atomic E-state index is 9.67. The first-order valence-corrected chi connectivity index (χ1v) is 6.64. The summed E-state index contributed by atoms with van der Waals surface area (Å²) < 4.78 is 0. The summed E-state index contributed by atoms with van der Waals surface area (Å²) in [5.41, 5.74) is 0.0647. The molecule has 98 valence electrons. The highest BCUT2D eigenvalue weighted by atomic mass is 16.3. The van der Waals surface area contributed by atoms with E-state index in [-0.39, 0.29) is 12.0 Å². The molecule has 0 aliphatic rings. The van der Waals surface area contributed by atoms with Crippen LogP contribution in [0.1, 0.15) is 45.4 Å². The second-order valence-electron chi connectivity index (χ2n) is 4.86. The van der Waals surface area contributed by atoms with E-state index in [1.165, 1.54) is 12.8 Å². The van der Waals surface area contributed by atoms with Crippen LogP contribution < -0.4 is 0 Å². The summed E-state index contributed by atoms with van der Waals surface area (Å²) in [4.78, 5) is 0. The van der Waals surface area contributed by atoms with Crippen LogP contribution in [0.2, 0.25) is 0 Å². The summed E-state index contributed by atoms with van der Waals surface area (Å²) in [7, 11) is 0. The van der Waals surface area contributed by atoms with Crippen molar-refractivity contribution in [2.45, 2.75) is 45.4 Å². The average Bonchev–Trinajstić information content (AvgIpc) is 2.31. The van der Waals surface area contributed by atoms with Crippen molar-refractivity contribution < 1.29 is 5.11 Å². The minimum absolute atomic E-state index is 0.0647. The van der Waals surface area contributed by atoms with Crippen LogP contribution >= 0.6 is 0 Å². The summed E-state index contributed by atoms with van der Waals surface area (Å²) in [5, 5.41) is 9.67. The van der Waals surface area contributed by atoms with Gasteiger partial charge in [-0.3, -0.25) is 0 Å². The van der Waals surface area contributed by atoms with E-state index in [0.717, 1.165) is 25.7 Å². The zero-order valence-electron chi connectivity index (χ0n) is 11.3.